The minimum absolute atomic E-state index is 0.0270. The molecule has 124 valence electrons. The van der Waals surface area contributed by atoms with Gasteiger partial charge in [-0.15, -0.1) is 0 Å². The first-order valence-corrected chi connectivity index (χ1v) is 7.79. The van der Waals surface area contributed by atoms with Gasteiger partial charge in [0.15, 0.2) is 5.78 Å². The van der Waals surface area contributed by atoms with E-state index in [0.717, 1.165) is 22.4 Å². The molecule has 0 bridgehead atoms. The van der Waals surface area contributed by atoms with E-state index in [1.54, 1.807) is 6.07 Å². The van der Waals surface area contributed by atoms with E-state index in [9.17, 15) is 19.6 Å². The van der Waals surface area contributed by atoms with E-state index >= 15 is 0 Å². The predicted octanol–water partition coefficient (Wildman–Crippen LogP) is 0.666. The molecule has 0 fully saturated rings. The molecular formula is C17H18N4O3. The monoisotopic (exact) mass is 326 g/mol. The number of aromatic nitrogens is 3. The number of hydrogen-bond donors (Lipinski definition) is 0. The van der Waals surface area contributed by atoms with Gasteiger partial charge in [-0.2, -0.15) is 5.26 Å². The largest absolute Gasteiger partial charge is 0.351 e. The van der Waals surface area contributed by atoms with E-state index in [2.05, 4.69) is 0 Å². The summed E-state index contributed by atoms with van der Waals surface area (Å²) in [6.45, 7) is 3.82. The van der Waals surface area contributed by atoms with Crippen molar-refractivity contribution in [3.8, 4) is 6.07 Å². The summed E-state index contributed by atoms with van der Waals surface area (Å²) < 4.78 is 4.21. The third-order valence-corrected chi connectivity index (χ3v) is 4.82. The maximum atomic E-state index is 12.6. The summed E-state index contributed by atoms with van der Waals surface area (Å²) in [5.74, 6) is -0.308. The summed E-state index contributed by atoms with van der Waals surface area (Å²) >= 11 is 0. The molecule has 7 heteroatoms. The first kappa shape index (κ1) is 16.0. The minimum atomic E-state index is -0.672. The van der Waals surface area contributed by atoms with Crippen LogP contribution in [-0.2, 0) is 26.6 Å². The quantitative estimate of drug-likeness (QED) is 0.775. The van der Waals surface area contributed by atoms with Crippen molar-refractivity contribution in [3.63, 3.8) is 0 Å². The molecule has 0 aromatic carbocycles. The fourth-order valence-electron chi connectivity index (χ4n) is 3.25. The maximum Gasteiger partial charge on any atom is 0.331 e. The fraction of sp³-hybridized carbons (Fsp3) is 0.412. The maximum absolute atomic E-state index is 12.6. The van der Waals surface area contributed by atoms with E-state index in [4.69, 9.17) is 0 Å². The van der Waals surface area contributed by atoms with Crippen LogP contribution in [0, 0.1) is 25.2 Å². The number of rotatable bonds is 3. The van der Waals surface area contributed by atoms with Gasteiger partial charge in [0, 0.05) is 36.2 Å². The number of Topliss-reactive ketones (excluding diaryl/α,β-unsaturated/α-hetero) is 1. The Hall–Kier alpha value is -2.88. The van der Waals surface area contributed by atoms with Crippen molar-refractivity contribution in [2.24, 2.45) is 7.05 Å². The van der Waals surface area contributed by atoms with Crippen molar-refractivity contribution in [1.29, 1.82) is 5.26 Å². The van der Waals surface area contributed by atoms with Gasteiger partial charge in [0.25, 0.3) is 5.56 Å². The van der Waals surface area contributed by atoms with Crippen molar-refractivity contribution in [2.75, 3.05) is 0 Å². The predicted molar refractivity (Wildman–Crippen MR) is 87.2 cm³/mol. The van der Waals surface area contributed by atoms with Gasteiger partial charge in [-0.05, 0) is 32.8 Å². The third-order valence-electron chi connectivity index (χ3n) is 4.82. The first-order chi connectivity index (χ1) is 11.4. The summed E-state index contributed by atoms with van der Waals surface area (Å²) in [4.78, 5) is 37.6. The van der Waals surface area contributed by atoms with Crippen LogP contribution in [0.25, 0.3) is 0 Å². The van der Waals surface area contributed by atoms with Gasteiger partial charge in [-0.1, -0.05) is 0 Å². The molecule has 2 aromatic heterocycles. The molecular weight excluding hydrogens is 308 g/mol. The smallest absolute Gasteiger partial charge is 0.331 e. The SMILES string of the molecule is Cc1cc(C(=O)Cn2c(=O)c(C#N)c3n(c2=O)CCC3)c(C)n1C. The molecule has 0 saturated carbocycles. The summed E-state index contributed by atoms with van der Waals surface area (Å²) in [7, 11) is 1.85. The second-order valence-electron chi connectivity index (χ2n) is 6.13. The van der Waals surface area contributed by atoms with E-state index in [1.165, 1.54) is 4.57 Å². The normalized spacial score (nSPS) is 12.9. The molecule has 0 radical (unpaired) electrons. The lowest BCUT2D eigenvalue weighted by Crippen LogP contribution is -2.43. The standard InChI is InChI=1S/C17H18N4O3/c1-10-7-12(11(2)19(10)3)15(22)9-21-16(23)13(8-18)14-5-4-6-20(14)17(21)24/h7H,4-6,9H2,1-3H3. The van der Waals surface area contributed by atoms with Crippen molar-refractivity contribution in [2.45, 2.75) is 39.8 Å². The number of aryl methyl sites for hydroxylation is 1. The van der Waals surface area contributed by atoms with Crippen LogP contribution in [0.1, 0.15) is 39.4 Å². The van der Waals surface area contributed by atoms with Crippen LogP contribution in [0.5, 0.6) is 0 Å². The molecule has 0 spiro atoms. The van der Waals surface area contributed by atoms with E-state index in [0.29, 0.717) is 24.2 Å². The number of nitriles is 1. The molecule has 0 atom stereocenters. The summed E-state index contributed by atoms with van der Waals surface area (Å²) in [6, 6.07) is 3.64. The second kappa shape index (κ2) is 5.64. The van der Waals surface area contributed by atoms with Crippen molar-refractivity contribution in [1.82, 2.24) is 13.7 Å². The molecule has 7 nitrogen and oxygen atoms in total. The number of carbonyl (C=O) groups is 1. The Morgan fingerprint density at radius 2 is 2.04 bits per heavy atom. The molecule has 1 aliphatic heterocycles. The molecule has 0 amide bonds. The number of fused-ring (bicyclic) bond motifs is 1. The van der Waals surface area contributed by atoms with Crippen LogP contribution in [0.15, 0.2) is 15.7 Å². The van der Waals surface area contributed by atoms with E-state index < -0.39 is 11.2 Å². The van der Waals surface area contributed by atoms with Crippen molar-refractivity contribution >= 4 is 5.78 Å². The second-order valence-corrected chi connectivity index (χ2v) is 6.13. The van der Waals surface area contributed by atoms with Crippen LogP contribution in [-0.4, -0.2) is 19.5 Å². The fourth-order valence-corrected chi connectivity index (χ4v) is 3.25. The molecule has 24 heavy (non-hydrogen) atoms. The van der Waals surface area contributed by atoms with Gasteiger partial charge in [0.05, 0.1) is 6.54 Å². The highest BCUT2D eigenvalue weighted by Crippen LogP contribution is 2.15. The highest BCUT2D eigenvalue weighted by Gasteiger charge is 2.24. The number of hydrogen-bond acceptors (Lipinski definition) is 4. The van der Waals surface area contributed by atoms with Gasteiger partial charge in [0.1, 0.15) is 11.6 Å². The van der Waals surface area contributed by atoms with Gasteiger partial charge < -0.3 is 4.57 Å². The van der Waals surface area contributed by atoms with Gasteiger partial charge in [0.2, 0.25) is 0 Å². The molecule has 0 aliphatic carbocycles. The molecule has 2 aromatic rings. The van der Waals surface area contributed by atoms with Crippen molar-refractivity contribution in [3.05, 3.63) is 55.1 Å². The molecule has 3 heterocycles. The third kappa shape index (κ3) is 2.22. The lowest BCUT2D eigenvalue weighted by atomic mass is 10.1. The number of carbonyl (C=O) groups excluding carboxylic acids is 1. The lowest BCUT2D eigenvalue weighted by Gasteiger charge is -2.10. The van der Waals surface area contributed by atoms with Crippen LogP contribution >= 0.6 is 0 Å². The Kier molecular flexibility index (Phi) is 3.76. The van der Waals surface area contributed by atoms with Crippen LogP contribution in [0.4, 0.5) is 0 Å². The molecule has 3 rings (SSSR count). The number of nitrogens with zero attached hydrogens (tertiary/aromatic N) is 4. The molecule has 0 unspecified atom stereocenters. The van der Waals surface area contributed by atoms with E-state index in [1.807, 2.05) is 31.5 Å². The highest BCUT2D eigenvalue weighted by molar-refractivity contribution is 5.97. The molecule has 0 saturated heterocycles. The first-order valence-electron chi connectivity index (χ1n) is 7.79. The zero-order chi connectivity index (χ0) is 17.6. The van der Waals surface area contributed by atoms with Crippen molar-refractivity contribution < 1.29 is 4.79 Å². The number of ketones is 1. The van der Waals surface area contributed by atoms with E-state index in [-0.39, 0.29) is 17.9 Å². The zero-order valence-corrected chi connectivity index (χ0v) is 13.9. The Morgan fingerprint density at radius 3 is 2.62 bits per heavy atom. The van der Waals surface area contributed by atoms with Crippen LogP contribution in [0.3, 0.4) is 0 Å². The zero-order valence-electron chi connectivity index (χ0n) is 13.9. The topological polar surface area (TPSA) is 89.8 Å². The Labute approximate surface area is 138 Å². The minimum Gasteiger partial charge on any atom is -0.351 e. The lowest BCUT2D eigenvalue weighted by molar-refractivity contribution is 0.0967. The highest BCUT2D eigenvalue weighted by atomic mass is 16.2. The van der Waals surface area contributed by atoms with Crippen LogP contribution < -0.4 is 11.2 Å². The average molecular weight is 326 g/mol. The Morgan fingerprint density at radius 1 is 1.33 bits per heavy atom. The summed E-state index contributed by atoms with van der Waals surface area (Å²) in [5, 5.41) is 9.27. The Bertz CT molecular complexity index is 1010. The summed E-state index contributed by atoms with van der Waals surface area (Å²) in [6.07, 6.45) is 1.26. The molecule has 1 aliphatic rings. The van der Waals surface area contributed by atoms with Gasteiger partial charge in [-0.25, -0.2) is 4.79 Å². The summed E-state index contributed by atoms with van der Waals surface area (Å²) in [5.41, 5.74) is 1.48. The van der Waals surface area contributed by atoms with Crippen LogP contribution in [0.2, 0.25) is 0 Å². The van der Waals surface area contributed by atoms with Gasteiger partial charge >= 0.3 is 5.69 Å². The Balaban J connectivity index is 2.10. The molecule has 0 N–H and O–H groups in total. The average Bonchev–Trinajstić information content (AvgIpc) is 3.13. The van der Waals surface area contributed by atoms with Gasteiger partial charge in [-0.3, -0.25) is 18.7 Å².